The minimum atomic E-state index is 0.503. The Balaban J connectivity index is 1.75. The van der Waals surface area contributed by atoms with E-state index in [1.165, 1.54) is 5.56 Å². The topological polar surface area (TPSA) is 42.2 Å². The molecule has 0 radical (unpaired) electrons. The van der Waals surface area contributed by atoms with Crippen molar-refractivity contribution < 1.29 is 9.47 Å². The summed E-state index contributed by atoms with van der Waals surface area (Å²) in [7, 11) is 1.62. The normalized spacial score (nSPS) is 11.0. The van der Waals surface area contributed by atoms with Crippen LogP contribution in [0.2, 0.25) is 0 Å². The van der Waals surface area contributed by atoms with Crippen LogP contribution < -0.4 is 9.47 Å². The molecular formula is C24H20BrNO2. The van der Waals surface area contributed by atoms with E-state index in [9.17, 15) is 5.26 Å². The molecule has 0 atom stereocenters. The number of hydrogen-bond donors (Lipinski definition) is 0. The number of allylic oxidation sites excluding steroid dienone is 1. The highest BCUT2D eigenvalue weighted by molar-refractivity contribution is 9.10. The van der Waals surface area contributed by atoms with E-state index in [0.29, 0.717) is 12.2 Å². The van der Waals surface area contributed by atoms with Crippen LogP contribution in [0.5, 0.6) is 11.5 Å². The van der Waals surface area contributed by atoms with Gasteiger partial charge in [-0.15, -0.1) is 0 Å². The van der Waals surface area contributed by atoms with Crippen LogP contribution in [0.1, 0.15) is 22.3 Å². The first-order valence-electron chi connectivity index (χ1n) is 8.83. The van der Waals surface area contributed by atoms with Crippen LogP contribution in [0.4, 0.5) is 0 Å². The molecule has 0 aliphatic heterocycles. The molecule has 0 unspecified atom stereocenters. The number of nitriles is 1. The summed E-state index contributed by atoms with van der Waals surface area (Å²) < 4.78 is 11.9. The number of rotatable bonds is 6. The second-order valence-corrected chi connectivity index (χ2v) is 7.22. The van der Waals surface area contributed by atoms with Crippen molar-refractivity contribution in [1.29, 1.82) is 5.26 Å². The number of ether oxygens (including phenoxy) is 2. The Hall–Kier alpha value is -3.03. The average Bonchev–Trinajstić information content (AvgIpc) is 2.72. The molecule has 3 rings (SSSR count). The van der Waals surface area contributed by atoms with E-state index >= 15 is 0 Å². The Morgan fingerprint density at radius 1 is 1.04 bits per heavy atom. The highest BCUT2D eigenvalue weighted by atomic mass is 79.9. The van der Waals surface area contributed by atoms with E-state index in [1.807, 2.05) is 48.5 Å². The fraction of sp³-hybridized carbons (Fsp3) is 0.125. The lowest BCUT2D eigenvalue weighted by Crippen LogP contribution is -1.96. The van der Waals surface area contributed by atoms with Gasteiger partial charge in [-0.05, 0) is 82.0 Å². The van der Waals surface area contributed by atoms with Gasteiger partial charge in [0.05, 0.1) is 23.2 Å². The van der Waals surface area contributed by atoms with Crippen molar-refractivity contribution in [2.24, 2.45) is 0 Å². The largest absolute Gasteiger partial charge is 0.497 e. The molecule has 0 amide bonds. The molecule has 0 saturated carbocycles. The van der Waals surface area contributed by atoms with Gasteiger partial charge in [0.15, 0.2) is 0 Å². The predicted molar refractivity (Wildman–Crippen MR) is 116 cm³/mol. The average molecular weight is 434 g/mol. The van der Waals surface area contributed by atoms with Gasteiger partial charge in [0.2, 0.25) is 0 Å². The molecule has 0 aliphatic rings. The summed E-state index contributed by atoms with van der Waals surface area (Å²) in [4.78, 5) is 0. The van der Waals surface area contributed by atoms with E-state index in [2.05, 4.69) is 53.2 Å². The molecule has 0 aromatic heterocycles. The zero-order valence-electron chi connectivity index (χ0n) is 15.8. The number of nitrogens with zero attached hydrogens (tertiary/aromatic N) is 1. The number of methoxy groups -OCH3 is 1. The standard InChI is InChI=1S/C24H20BrNO2/c1-17-3-5-18(6-4-17)16-28-24-12-7-19(14-23(24)25)13-21(15-26)20-8-10-22(27-2)11-9-20/h3-14H,16H2,1-2H3/b21-13+. The quantitative estimate of drug-likeness (QED) is 0.333. The SMILES string of the molecule is COc1ccc(/C(C#N)=C/c2ccc(OCc3ccc(C)cc3)c(Br)c2)cc1. The van der Waals surface area contributed by atoms with Crippen molar-refractivity contribution in [3.8, 4) is 17.6 Å². The van der Waals surface area contributed by atoms with Crippen molar-refractivity contribution in [2.45, 2.75) is 13.5 Å². The lowest BCUT2D eigenvalue weighted by Gasteiger charge is -2.09. The molecule has 0 N–H and O–H groups in total. The minimum Gasteiger partial charge on any atom is -0.497 e. The molecule has 0 saturated heterocycles. The minimum absolute atomic E-state index is 0.503. The number of halogens is 1. The first-order valence-corrected chi connectivity index (χ1v) is 9.62. The highest BCUT2D eigenvalue weighted by Crippen LogP contribution is 2.29. The fourth-order valence-electron chi connectivity index (χ4n) is 2.69. The molecule has 0 bridgehead atoms. The highest BCUT2D eigenvalue weighted by Gasteiger charge is 2.06. The molecule has 28 heavy (non-hydrogen) atoms. The van der Waals surface area contributed by atoms with Gasteiger partial charge >= 0.3 is 0 Å². The van der Waals surface area contributed by atoms with Crippen molar-refractivity contribution in [2.75, 3.05) is 7.11 Å². The van der Waals surface area contributed by atoms with Crippen LogP contribution in [-0.4, -0.2) is 7.11 Å². The maximum Gasteiger partial charge on any atom is 0.134 e. The molecule has 0 heterocycles. The van der Waals surface area contributed by atoms with Gasteiger partial charge < -0.3 is 9.47 Å². The Labute approximate surface area is 174 Å². The van der Waals surface area contributed by atoms with Gasteiger partial charge in [0, 0.05) is 0 Å². The molecule has 3 aromatic rings. The Kier molecular flexibility index (Phi) is 6.52. The summed E-state index contributed by atoms with van der Waals surface area (Å²) in [6, 6.07) is 23.8. The molecule has 4 heteroatoms. The second-order valence-electron chi connectivity index (χ2n) is 6.36. The molecule has 0 fully saturated rings. The van der Waals surface area contributed by atoms with Gasteiger partial charge in [-0.2, -0.15) is 5.26 Å². The molecule has 140 valence electrons. The third kappa shape index (κ3) is 5.03. The van der Waals surface area contributed by atoms with Crippen molar-refractivity contribution >= 4 is 27.6 Å². The third-order valence-electron chi connectivity index (χ3n) is 4.30. The Morgan fingerprint density at radius 2 is 1.75 bits per heavy atom. The lowest BCUT2D eigenvalue weighted by atomic mass is 10.0. The number of benzene rings is 3. The van der Waals surface area contributed by atoms with Gasteiger partial charge in [-0.3, -0.25) is 0 Å². The zero-order valence-corrected chi connectivity index (χ0v) is 17.4. The van der Waals surface area contributed by atoms with Crippen molar-refractivity contribution in [3.05, 3.63) is 93.5 Å². The van der Waals surface area contributed by atoms with Gasteiger partial charge in [0.25, 0.3) is 0 Å². The van der Waals surface area contributed by atoms with Crippen LogP contribution in [0, 0.1) is 18.3 Å². The number of aryl methyl sites for hydroxylation is 1. The lowest BCUT2D eigenvalue weighted by molar-refractivity contribution is 0.304. The molecule has 0 spiro atoms. The first-order chi connectivity index (χ1) is 13.6. The maximum atomic E-state index is 9.53. The van der Waals surface area contributed by atoms with Crippen LogP contribution >= 0.6 is 15.9 Å². The van der Waals surface area contributed by atoms with Crippen molar-refractivity contribution in [3.63, 3.8) is 0 Å². The summed E-state index contributed by atoms with van der Waals surface area (Å²) in [5.41, 5.74) is 4.70. The summed E-state index contributed by atoms with van der Waals surface area (Å²) in [6.45, 7) is 2.57. The maximum absolute atomic E-state index is 9.53. The fourth-order valence-corrected chi connectivity index (χ4v) is 3.20. The van der Waals surface area contributed by atoms with E-state index in [4.69, 9.17) is 9.47 Å². The second kappa shape index (κ2) is 9.25. The first kappa shape index (κ1) is 19.7. The van der Waals surface area contributed by atoms with E-state index in [-0.39, 0.29) is 0 Å². The number of hydrogen-bond acceptors (Lipinski definition) is 3. The van der Waals surface area contributed by atoms with E-state index in [1.54, 1.807) is 7.11 Å². The van der Waals surface area contributed by atoms with Crippen molar-refractivity contribution in [1.82, 2.24) is 0 Å². The van der Waals surface area contributed by atoms with E-state index < -0.39 is 0 Å². The monoisotopic (exact) mass is 433 g/mol. The van der Waals surface area contributed by atoms with Gasteiger partial charge in [0.1, 0.15) is 18.1 Å². The Morgan fingerprint density at radius 3 is 2.36 bits per heavy atom. The summed E-state index contributed by atoms with van der Waals surface area (Å²) in [6.07, 6.45) is 1.86. The summed E-state index contributed by atoms with van der Waals surface area (Å²) in [5, 5.41) is 9.53. The van der Waals surface area contributed by atoms with Crippen LogP contribution in [0.15, 0.2) is 71.2 Å². The Bertz CT molecular complexity index is 1020. The van der Waals surface area contributed by atoms with Crippen LogP contribution in [0.25, 0.3) is 11.6 Å². The van der Waals surface area contributed by atoms with E-state index in [0.717, 1.165) is 32.7 Å². The zero-order chi connectivity index (χ0) is 19.9. The summed E-state index contributed by atoms with van der Waals surface area (Å²) >= 11 is 3.57. The molecule has 0 aliphatic carbocycles. The van der Waals surface area contributed by atoms with Gasteiger partial charge in [-0.1, -0.05) is 35.9 Å². The summed E-state index contributed by atoms with van der Waals surface area (Å²) in [5.74, 6) is 1.53. The molecule has 3 nitrogen and oxygen atoms in total. The molecular weight excluding hydrogens is 414 g/mol. The molecule has 3 aromatic carbocycles. The van der Waals surface area contributed by atoms with Crippen LogP contribution in [-0.2, 0) is 6.61 Å². The third-order valence-corrected chi connectivity index (χ3v) is 4.92. The van der Waals surface area contributed by atoms with Gasteiger partial charge in [-0.25, -0.2) is 0 Å². The predicted octanol–water partition coefficient (Wildman–Crippen LogP) is 6.41. The van der Waals surface area contributed by atoms with Crippen LogP contribution in [0.3, 0.4) is 0 Å². The smallest absolute Gasteiger partial charge is 0.134 e.